The fourth-order valence-corrected chi connectivity index (χ4v) is 2.09. The molecule has 2 rings (SSSR count). The molecule has 0 spiro atoms. The molecule has 1 atom stereocenters. The maximum absolute atomic E-state index is 10.9. The molecule has 5 nitrogen and oxygen atoms in total. The summed E-state index contributed by atoms with van der Waals surface area (Å²) in [7, 11) is 1.78. The zero-order valence-electron chi connectivity index (χ0n) is 12.1. The molecule has 0 fully saturated rings. The van der Waals surface area contributed by atoms with Crippen LogP contribution in [0.3, 0.4) is 0 Å². The maximum Gasteiger partial charge on any atom is 0.269 e. The van der Waals surface area contributed by atoms with Gasteiger partial charge < -0.3 is 10.1 Å². The molecule has 0 aliphatic heterocycles. The summed E-state index contributed by atoms with van der Waals surface area (Å²) in [6.45, 7) is 2.28. The van der Waals surface area contributed by atoms with Crippen molar-refractivity contribution in [1.29, 1.82) is 0 Å². The van der Waals surface area contributed by atoms with Crippen molar-refractivity contribution in [1.82, 2.24) is 0 Å². The minimum absolute atomic E-state index is 0.0694. The molecular weight excluding hydrogens is 268 g/mol. The Morgan fingerprint density at radius 2 is 1.95 bits per heavy atom. The molecule has 110 valence electrons. The molecule has 1 N–H and O–H groups in total. The van der Waals surface area contributed by atoms with E-state index in [0.29, 0.717) is 6.61 Å². The van der Waals surface area contributed by atoms with E-state index in [9.17, 15) is 10.1 Å². The van der Waals surface area contributed by atoms with E-state index in [1.165, 1.54) is 6.07 Å². The Bertz CT molecular complexity index is 614. The molecule has 0 heterocycles. The number of rotatable bonds is 6. The number of non-ortho nitro benzene ring substituents is 1. The van der Waals surface area contributed by atoms with E-state index in [-0.39, 0.29) is 11.8 Å². The quantitative estimate of drug-likeness (QED) is 0.646. The van der Waals surface area contributed by atoms with Gasteiger partial charge in [-0.1, -0.05) is 30.3 Å². The molecule has 1 unspecified atom stereocenters. The highest BCUT2D eigenvalue weighted by Crippen LogP contribution is 2.25. The van der Waals surface area contributed by atoms with Gasteiger partial charge in [-0.2, -0.15) is 0 Å². The highest BCUT2D eigenvalue weighted by Gasteiger charge is 2.12. The minimum Gasteiger partial charge on any atom is -0.388 e. The summed E-state index contributed by atoms with van der Waals surface area (Å²) >= 11 is 0. The first-order chi connectivity index (χ1) is 10.1. The molecule has 0 aliphatic carbocycles. The number of nitrogens with zero attached hydrogens (tertiary/aromatic N) is 1. The van der Waals surface area contributed by atoms with E-state index in [1.54, 1.807) is 19.2 Å². The molecule has 2 aromatic rings. The Balaban J connectivity index is 2.11. The second-order valence-electron chi connectivity index (χ2n) is 4.71. The van der Waals surface area contributed by atoms with Gasteiger partial charge >= 0.3 is 0 Å². The van der Waals surface area contributed by atoms with Crippen molar-refractivity contribution >= 4 is 11.4 Å². The minimum atomic E-state index is -0.399. The van der Waals surface area contributed by atoms with E-state index in [4.69, 9.17) is 4.74 Å². The summed E-state index contributed by atoms with van der Waals surface area (Å²) in [6.07, 6.45) is -0.0739. The van der Waals surface area contributed by atoms with Crippen molar-refractivity contribution in [3.63, 3.8) is 0 Å². The average Bonchev–Trinajstić information content (AvgIpc) is 2.53. The van der Waals surface area contributed by atoms with Crippen molar-refractivity contribution in [3.05, 3.63) is 69.8 Å². The number of nitrogens with one attached hydrogen (secondary N) is 1. The predicted molar refractivity (Wildman–Crippen MR) is 82.3 cm³/mol. The zero-order valence-corrected chi connectivity index (χ0v) is 12.1. The van der Waals surface area contributed by atoms with Gasteiger partial charge in [-0.3, -0.25) is 10.1 Å². The maximum atomic E-state index is 10.9. The van der Waals surface area contributed by atoms with E-state index in [0.717, 1.165) is 16.8 Å². The highest BCUT2D eigenvalue weighted by atomic mass is 16.6. The lowest BCUT2D eigenvalue weighted by Gasteiger charge is -2.15. The zero-order chi connectivity index (χ0) is 15.2. The summed E-state index contributed by atoms with van der Waals surface area (Å²) in [6, 6.07) is 14.6. The summed E-state index contributed by atoms with van der Waals surface area (Å²) < 4.78 is 5.83. The Hall–Kier alpha value is -2.40. The normalized spacial score (nSPS) is 11.9. The van der Waals surface area contributed by atoms with Crippen molar-refractivity contribution < 1.29 is 9.66 Å². The average molecular weight is 286 g/mol. The van der Waals surface area contributed by atoms with E-state index in [1.807, 2.05) is 37.3 Å². The topological polar surface area (TPSA) is 64.4 Å². The first-order valence-electron chi connectivity index (χ1n) is 6.73. The third kappa shape index (κ3) is 3.79. The van der Waals surface area contributed by atoms with Crippen LogP contribution in [-0.4, -0.2) is 12.0 Å². The molecular formula is C16H18N2O3. The number of anilines is 1. The lowest BCUT2D eigenvalue weighted by Crippen LogP contribution is -2.03. The van der Waals surface area contributed by atoms with Gasteiger partial charge in [0.05, 0.1) is 17.6 Å². The lowest BCUT2D eigenvalue weighted by atomic mass is 10.1. The van der Waals surface area contributed by atoms with Gasteiger partial charge in [0.1, 0.15) is 0 Å². The SMILES string of the molecule is CNc1ccc([N+](=O)[O-])cc1COC(C)c1ccccc1. The standard InChI is InChI=1S/C16H18N2O3/c1-12(13-6-4-3-5-7-13)21-11-14-10-15(18(19)20)8-9-16(14)17-2/h3-10,12,17H,11H2,1-2H3. The number of ether oxygens (including phenoxy) is 1. The Morgan fingerprint density at radius 1 is 1.24 bits per heavy atom. The first-order valence-corrected chi connectivity index (χ1v) is 6.73. The summed E-state index contributed by atoms with van der Waals surface area (Å²) in [4.78, 5) is 10.5. The van der Waals surface area contributed by atoms with Gasteiger partial charge in [0.25, 0.3) is 5.69 Å². The van der Waals surface area contributed by atoms with Crippen molar-refractivity contribution in [2.45, 2.75) is 19.6 Å². The fourth-order valence-electron chi connectivity index (χ4n) is 2.09. The summed E-state index contributed by atoms with van der Waals surface area (Å²) in [5, 5.41) is 13.9. The van der Waals surface area contributed by atoms with Crippen molar-refractivity contribution in [3.8, 4) is 0 Å². The molecule has 0 radical (unpaired) electrons. The van der Waals surface area contributed by atoms with Crippen LogP contribution in [0.15, 0.2) is 48.5 Å². The third-order valence-corrected chi connectivity index (χ3v) is 3.33. The van der Waals surface area contributed by atoms with Crippen molar-refractivity contribution in [2.24, 2.45) is 0 Å². The number of nitro groups is 1. The summed E-state index contributed by atoms with van der Waals surface area (Å²) in [5.41, 5.74) is 2.75. The molecule has 2 aromatic carbocycles. The number of nitro benzene ring substituents is 1. The van der Waals surface area contributed by atoms with Crippen LogP contribution in [-0.2, 0) is 11.3 Å². The van der Waals surface area contributed by atoms with Crippen LogP contribution in [0.25, 0.3) is 0 Å². The van der Waals surface area contributed by atoms with Crippen LogP contribution in [0, 0.1) is 10.1 Å². The summed E-state index contributed by atoms with van der Waals surface area (Å²) in [5.74, 6) is 0. The van der Waals surface area contributed by atoms with Gasteiger partial charge in [-0.25, -0.2) is 0 Å². The van der Waals surface area contributed by atoms with Crippen LogP contribution in [0.1, 0.15) is 24.2 Å². The Kier molecular flexibility index (Phi) is 4.90. The van der Waals surface area contributed by atoms with Gasteiger partial charge in [0, 0.05) is 30.4 Å². The monoisotopic (exact) mass is 286 g/mol. The molecule has 0 bridgehead atoms. The number of hydrogen-bond donors (Lipinski definition) is 1. The molecule has 0 saturated heterocycles. The second kappa shape index (κ2) is 6.85. The Morgan fingerprint density at radius 3 is 2.57 bits per heavy atom. The van der Waals surface area contributed by atoms with Gasteiger partial charge in [0.2, 0.25) is 0 Å². The molecule has 0 aromatic heterocycles. The largest absolute Gasteiger partial charge is 0.388 e. The molecule has 21 heavy (non-hydrogen) atoms. The molecule has 0 aliphatic rings. The van der Waals surface area contributed by atoms with Crippen LogP contribution in [0.4, 0.5) is 11.4 Å². The molecule has 5 heteroatoms. The number of hydrogen-bond acceptors (Lipinski definition) is 4. The molecule has 0 saturated carbocycles. The molecule has 0 amide bonds. The van der Waals surface area contributed by atoms with Gasteiger partial charge in [-0.05, 0) is 18.6 Å². The van der Waals surface area contributed by atoms with Crippen LogP contribution < -0.4 is 5.32 Å². The van der Waals surface area contributed by atoms with E-state index < -0.39 is 4.92 Å². The smallest absolute Gasteiger partial charge is 0.269 e. The van der Waals surface area contributed by atoms with Gasteiger partial charge in [-0.15, -0.1) is 0 Å². The third-order valence-electron chi connectivity index (χ3n) is 3.33. The van der Waals surface area contributed by atoms with E-state index in [2.05, 4.69) is 5.32 Å². The highest BCUT2D eigenvalue weighted by molar-refractivity contribution is 5.55. The van der Waals surface area contributed by atoms with Crippen LogP contribution in [0.2, 0.25) is 0 Å². The van der Waals surface area contributed by atoms with E-state index >= 15 is 0 Å². The second-order valence-corrected chi connectivity index (χ2v) is 4.71. The van der Waals surface area contributed by atoms with Crippen LogP contribution >= 0.6 is 0 Å². The van der Waals surface area contributed by atoms with Crippen molar-refractivity contribution in [2.75, 3.05) is 12.4 Å². The lowest BCUT2D eigenvalue weighted by molar-refractivity contribution is -0.384. The fraction of sp³-hybridized carbons (Fsp3) is 0.250. The predicted octanol–water partition coefficient (Wildman–Crippen LogP) is 3.91. The van der Waals surface area contributed by atoms with Gasteiger partial charge in [0.15, 0.2) is 0 Å². The Labute approximate surface area is 123 Å². The van der Waals surface area contributed by atoms with Crippen LogP contribution in [0.5, 0.6) is 0 Å². The number of benzene rings is 2. The first kappa shape index (κ1) is 15.0.